The van der Waals surface area contributed by atoms with Crippen LogP contribution in [0.2, 0.25) is 5.02 Å². The normalized spacial score (nSPS) is 12.7. The zero-order chi connectivity index (χ0) is 14.0. The molecule has 1 atom stereocenters. The summed E-state index contributed by atoms with van der Waals surface area (Å²) in [6, 6.07) is 5.43. The Bertz CT molecular complexity index is 560. The van der Waals surface area contributed by atoms with Crippen LogP contribution in [-0.4, -0.2) is 6.36 Å². The lowest BCUT2D eigenvalue weighted by atomic mass is 10.0. The van der Waals surface area contributed by atoms with Gasteiger partial charge in [-0.2, -0.15) is 11.3 Å². The minimum atomic E-state index is -4.76. The van der Waals surface area contributed by atoms with Crippen molar-refractivity contribution in [2.45, 2.75) is 12.4 Å². The van der Waals surface area contributed by atoms with Crippen molar-refractivity contribution in [1.29, 1.82) is 0 Å². The first-order valence-corrected chi connectivity index (χ1v) is 6.52. The number of alkyl halides is 3. The molecule has 0 unspecified atom stereocenters. The molecular weight excluding hydrogens is 334 g/mol. The summed E-state index contributed by atoms with van der Waals surface area (Å²) in [5, 5.41) is 3.62. The second kappa shape index (κ2) is 6.67. The quantitative estimate of drug-likeness (QED) is 0.871. The van der Waals surface area contributed by atoms with Gasteiger partial charge in [-0.15, -0.1) is 25.6 Å². The Morgan fingerprint density at radius 3 is 2.40 bits per heavy atom. The summed E-state index contributed by atoms with van der Waals surface area (Å²) in [6.45, 7) is 0. The summed E-state index contributed by atoms with van der Waals surface area (Å²) in [4.78, 5) is 0. The molecule has 1 aromatic carbocycles. The summed E-state index contributed by atoms with van der Waals surface area (Å²) in [5.41, 5.74) is 7.50. The van der Waals surface area contributed by atoms with E-state index >= 15 is 0 Å². The van der Waals surface area contributed by atoms with Crippen molar-refractivity contribution in [3.63, 3.8) is 0 Å². The lowest BCUT2D eigenvalue weighted by Crippen LogP contribution is -2.17. The van der Waals surface area contributed by atoms with Gasteiger partial charge in [-0.1, -0.05) is 17.7 Å². The SMILES string of the molecule is Cl.N[C@H](c1ccsc1)c1ccc(OC(F)(F)F)c(Cl)c1. The van der Waals surface area contributed by atoms with E-state index in [-0.39, 0.29) is 17.4 Å². The molecule has 0 spiro atoms. The van der Waals surface area contributed by atoms with Gasteiger partial charge >= 0.3 is 6.36 Å². The van der Waals surface area contributed by atoms with Gasteiger partial charge in [-0.05, 0) is 40.1 Å². The Hall–Kier alpha value is -0.950. The Labute approximate surface area is 128 Å². The number of hydrogen-bond acceptors (Lipinski definition) is 3. The van der Waals surface area contributed by atoms with E-state index in [1.54, 1.807) is 0 Å². The molecule has 2 nitrogen and oxygen atoms in total. The highest BCUT2D eigenvalue weighted by atomic mass is 35.5. The smallest absolute Gasteiger partial charge is 0.404 e. The molecule has 2 aromatic rings. The van der Waals surface area contributed by atoms with E-state index in [0.29, 0.717) is 5.56 Å². The van der Waals surface area contributed by atoms with Crippen LogP contribution in [0, 0.1) is 0 Å². The number of thiophene rings is 1. The van der Waals surface area contributed by atoms with Crippen LogP contribution in [-0.2, 0) is 0 Å². The van der Waals surface area contributed by atoms with Crippen molar-refractivity contribution in [1.82, 2.24) is 0 Å². The van der Waals surface area contributed by atoms with Crippen LogP contribution in [0.1, 0.15) is 17.2 Å². The Morgan fingerprint density at radius 1 is 1.20 bits per heavy atom. The molecular formula is C12H10Cl2F3NOS. The van der Waals surface area contributed by atoms with E-state index < -0.39 is 18.2 Å². The van der Waals surface area contributed by atoms with Crippen LogP contribution in [0.25, 0.3) is 0 Å². The Kier molecular flexibility index (Phi) is 5.70. The average molecular weight is 344 g/mol. The van der Waals surface area contributed by atoms with Gasteiger partial charge in [0, 0.05) is 0 Å². The fourth-order valence-electron chi connectivity index (χ4n) is 1.56. The molecule has 0 radical (unpaired) electrons. The van der Waals surface area contributed by atoms with Crippen molar-refractivity contribution >= 4 is 35.3 Å². The van der Waals surface area contributed by atoms with E-state index in [2.05, 4.69) is 4.74 Å². The molecule has 8 heteroatoms. The molecule has 0 aliphatic carbocycles. The second-order valence-electron chi connectivity index (χ2n) is 3.77. The van der Waals surface area contributed by atoms with Gasteiger partial charge in [0.25, 0.3) is 0 Å². The maximum atomic E-state index is 12.1. The molecule has 2 N–H and O–H groups in total. The van der Waals surface area contributed by atoms with Crippen molar-refractivity contribution in [3.05, 3.63) is 51.2 Å². The van der Waals surface area contributed by atoms with Crippen LogP contribution in [0.5, 0.6) is 5.75 Å². The molecule has 20 heavy (non-hydrogen) atoms. The predicted octanol–water partition coefficient (Wildman–Crippen LogP) is 4.77. The molecule has 0 fully saturated rings. The van der Waals surface area contributed by atoms with Gasteiger partial charge < -0.3 is 10.5 Å². The number of hydrogen-bond donors (Lipinski definition) is 1. The summed E-state index contributed by atoms with van der Waals surface area (Å²) < 4.78 is 40.1. The molecule has 0 bridgehead atoms. The summed E-state index contributed by atoms with van der Waals surface area (Å²) in [6.07, 6.45) is -4.76. The van der Waals surface area contributed by atoms with Crippen LogP contribution >= 0.6 is 35.3 Å². The first-order valence-electron chi connectivity index (χ1n) is 5.19. The number of benzene rings is 1. The van der Waals surface area contributed by atoms with E-state index in [1.165, 1.54) is 23.5 Å². The average Bonchev–Trinajstić information content (AvgIpc) is 2.82. The fraction of sp³-hybridized carbons (Fsp3) is 0.167. The highest BCUT2D eigenvalue weighted by molar-refractivity contribution is 7.08. The maximum absolute atomic E-state index is 12.1. The topological polar surface area (TPSA) is 35.2 Å². The lowest BCUT2D eigenvalue weighted by Gasteiger charge is -2.14. The fourth-order valence-corrected chi connectivity index (χ4v) is 2.49. The zero-order valence-electron chi connectivity index (χ0n) is 9.86. The Balaban J connectivity index is 0.00000200. The highest BCUT2D eigenvalue weighted by Crippen LogP contribution is 2.33. The van der Waals surface area contributed by atoms with E-state index in [4.69, 9.17) is 17.3 Å². The molecule has 0 saturated heterocycles. The minimum absolute atomic E-state index is 0. The van der Waals surface area contributed by atoms with Gasteiger partial charge in [0.1, 0.15) is 5.75 Å². The third kappa shape index (κ3) is 4.28. The summed E-state index contributed by atoms with van der Waals surface area (Å²) >= 11 is 7.25. The third-order valence-corrected chi connectivity index (χ3v) is 3.44. The second-order valence-corrected chi connectivity index (χ2v) is 4.96. The third-order valence-electron chi connectivity index (χ3n) is 2.44. The van der Waals surface area contributed by atoms with E-state index in [1.807, 2.05) is 16.8 Å². The van der Waals surface area contributed by atoms with Crippen molar-refractivity contribution in [2.75, 3.05) is 0 Å². The van der Waals surface area contributed by atoms with Crippen LogP contribution in [0.3, 0.4) is 0 Å². The lowest BCUT2D eigenvalue weighted by molar-refractivity contribution is -0.274. The van der Waals surface area contributed by atoms with E-state index in [9.17, 15) is 13.2 Å². The van der Waals surface area contributed by atoms with Crippen molar-refractivity contribution < 1.29 is 17.9 Å². The largest absolute Gasteiger partial charge is 0.573 e. The highest BCUT2D eigenvalue weighted by Gasteiger charge is 2.32. The van der Waals surface area contributed by atoms with Crippen LogP contribution in [0.15, 0.2) is 35.0 Å². The molecule has 0 amide bonds. The van der Waals surface area contributed by atoms with Gasteiger partial charge in [0.15, 0.2) is 0 Å². The van der Waals surface area contributed by atoms with Gasteiger partial charge in [-0.25, -0.2) is 0 Å². The molecule has 1 heterocycles. The minimum Gasteiger partial charge on any atom is -0.404 e. The number of nitrogens with two attached hydrogens (primary N) is 1. The molecule has 0 aliphatic rings. The van der Waals surface area contributed by atoms with Gasteiger partial charge in [0.2, 0.25) is 0 Å². The molecule has 0 aliphatic heterocycles. The molecule has 1 aromatic heterocycles. The van der Waals surface area contributed by atoms with E-state index in [0.717, 1.165) is 11.6 Å². The number of rotatable bonds is 3. The van der Waals surface area contributed by atoms with Crippen molar-refractivity contribution in [2.24, 2.45) is 5.73 Å². The van der Waals surface area contributed by atoms with Crippen LogP contribution in [0.4, 0.5) is 13.2 Å². The molecule has 110 valence electrons. The first-order chi connectivity index (χ1) is 8.87. The monoisotopic (exact) mass is 343 g/mol. The Morgan fingerprint density at radius 2 is 1.90 bits per heavy atom. The van der Waals surface area contributed by atoms with Gasteiger partial charge in [0.05, 0.1) is 11.1 Å². The first kappa shape index (κ1) is 17.1. The van der Waals surface area contributed by atoms with Crippen LogP contribution < -0.4 is 10.5 Å². The number of halogens is 5. The molecule has 2 rings (SSSR count). The number of ether oxygens (including phenoxy) is 1. The standard InChI is InChI=1S/C12H9ClF3NOS.ClH/c13-9-5-7(11(17)8-3-4-19-6-8)1-2-10(9)18-12(14,15)16;/h1-6,11H,17H2;1H/t11-;/m0./s1. The summed E-state index contributed by atoms with van der Waals surface area (Å²) in [5.74, 6) is -0.435. The zero-order valence-corrected chi connectivity index (χ0v) is 12.2. The van der Waals surface area contributed by atoms with Gasteiger partial charge in [-0.3, -0.25) is 0 Å². The molecule has 0 saturated carbocycles. The summed E-state index contributed by atoms with van der Waals surface area (Å²) in [7, 11) is 0. The maximum Gasteiger partial charge on any atom is 0.573 e. The van der Waals surface area contributed by atoms with Crippen molar-refractivity contribution in [3.8, 4) is 5.75 Å². The predicted molar refractivity (Wildman–Crippen MR) is 75.7 cm³/mol.